The molecule has 0 aliphatic rings. The molecule has 0 spiro atoms. The van der Waals surface area contributed by atoms with Crippen molar-refractivity contribution in [2.24, 2.45) is 0 Å². The van der Waals surface area contributed by atoms with Crippen LogP contribution in [0.2, 0.25) is 15.1 Å². The minimum atomic E-state index is -0.725. The van der Waals surface area contributed by atoms with Gasteiger partial charge in [-0.1, -0.05) is 34.8 Å². The lowest BCUT2D eigenvalue weighted by Gasteiger charge is -2.10. The van der Waals surface area contributed by atoms with Gasteiger partial charge in [-0.3, -0.25) is 4.79 Å². The van der Waals surface area contributed by atoms with E-state index < -0.39 is 18.5 Å². The Bertz CT molecular complexity index is 963. The number of anilines is 1. The summed E-state index contributed by atoms with van der Waals surface area (Å²) in [6.45, 7) is 1.15. The van der Waals surface area contributed by atoms with E-state index in [2.05, 4.69) is 10.3 Å². The summed E-state index contributed by atoms with van der Waals surface area (Å²) >= 11 is 18.0. The lowest BCUT2D eigenvalue weighted by molar-refractivity contribution is -0.142. The van der Waals surface area contributed by atoms with Gasteiger partial charge in [0, 0.05) is 6.08 Å². The molecule has 0 atom stereocenters. The average Bonchev–Trinajstić information content (AvgIpc) is 2.68. The number of benzene rings is 1. The van der Waals surface area contributed by atoms with Crippen LogP contribution in [0.4, 0.5) is 5.82 Å². The van der Waals surface area contributed by atoms with Crippen molar-refractivity contribution in [1.82, 2.24) is 4.98 Å². The molecule has 1 aromatic heterocycles. The molecule has 154 valence electrons. The van der Waals surface area contributed by atoms with Crippen LogP contribution < -0.4 is 14.8 Å². The maximum absolute atomic E-state index is 11.9. The largest absolute Gasteiger partial charge is 0.493 e. The minimum absolute atomic E-state index is 0.130. The third-order valence-corrected chi connectivity index (χ3v) is 4.53. The number of amides is 1. The molecule has 0 aliphatic heterocycles. The van der Waals surface area contributed by atoms with Crippen LogP contribution in [0.5, 0.6) is 11.5 Å². The third-order valence-electron chi connectivity index (χ3n) is 3.58. The maximum Gasteiger partial charge on any atom is 0.331 e. The highest BCUT2D eigenvalue weighted by molar-refractivity contribution is 6.36. The van der Waals surface area contributed by atoms with Crippen molar-refractivity contribution >= 4 is 58.6 Å². The highest BCUT2D eigenvalue weighted by Crippen LogP contribution is 2.36. The van der Waals surface area contributed by atoms with E-state index in [1.807, 2.05) is 0 Å². The molecule has 0 saturated heterocycles. The zero-order chi connectivity index (χ0) is 21.6. The van der Waals surface area contributed by atoms with Crippen molar-refractivity contribution in [2.75, 3.05) is 26.1 Å². The number of aryl methyl sites for hydroxylation is 1. The summed E-state index contributed by atoms with van der Waals surface area (Å²) in [5.74, 6) is -0.398. The van der Waals surface area contributed by atoms with Gasteiger partial charge in [-0.05, 0) is 36.8 Å². The first-order chi connectivity index (χ1) is 13.7. The Morgan fingerprint density at radius 2 is 1.79 bits per heavy atom. The van der Waals surface area contributed by atoms with Crippen LogP contribution in [-0.4, -0.2) is 37.7 Å². The molecular weight excluding hydrogens is 443 g/mol. The first kappa shape index (κ1) is 22.8. The number of hydrogen-bond donors (Lipinski definition) is 1. The van der Waals surface area contributed by atoms with E-state index in [1.165, 1.54) is 26.4 Å². The number of carbonyl (C=O) groups excluding carboxylic acids is 2. The summed E-state index contributed by atoms with van der Waals surface area (Å²) in [5.41, 5.74) is 1.08. The van der Waals surface area contributed by atoms with Gasteiger partial charge >= 0.3 is 5.97 Å². The van der Waals surface area contributed by atoms with E-state index >= 15 is 0 Å². The normalized spacial score (nSPS) is 10.7. The van der Waals surface area contributed by atoms with E-state index in [4.69, 9.17) is 49.0 Å². The van der Waals surface area contributed by atoms with Gasteiger partial charge in [0.1, 0.15) is 0 Å². The maximum atomic E-state index is 11.9. The molecule has 2 aromatic rings. The van der Waals surface area contributed by atoms with Crippen LogP contribution in [0.15, 0.2) is 24.3 Å². The standard InChI is InChI=1S/C19H17Cl3N2O5/c1-10-12(20)8-14(22)19(23-10)24-16(25)9-29-17(26)5-4-11-6-13(21)18(28-3)15(7-11)27-2/h4-8H,9H2,1-3H3,(H,23,24,25)/b5-4+. The molecule has 1 amide bonds. The Hall–Kier alpha value is -2.48. The summed E-state index contributed by atoms with van der Waals surface area (Å²) in [4.78, 5) is 27.9. The van der Waals surface area contributed by atoms with Crippen LogP contribution in [-0.2, 0) is 14.3 Å². The van der Waals surface area contributed by atoms with Crippen LogP contribution in [0, 0.1) is 6.92 Å². The molecule has 0 bridgehead atoms. The Labute approximate surface area is 182 Å². The molecular formula is C19H17Cl3N2O5. The van der Waals surface area contributed by atoms with Crippen molar-refractivity contribution in [1.29, 1.82) is 0 Å². The number of rotatable bonds is 7. The van der Waals surface area contributed by atoms with Gasteiger partial charge in [0.2, 0.25) is 0 Å². The van der Waals surface area contributed by atoms with E-state index in [0.29, 0.717) is 32.8 Å². The number of hydrogen-bond acceptors (Lipinski definition) is 6. The number of aromatic nitrogens is 1. The van der Waals surface area contributed by atoms with Crippen molar-refractivity contribution in [3.63, 3.8) is 0 Å². The predicted octanol–water partition coefficient (Wildman–Crippen LogP) is 4.56. The number of methoxy groups -OCH3 is 2. The fourth-order valence-corrected chi connectivity index (χ4v) is 2.90. The van der Waals surface area contributed by atoms with Crippen molar-refractivity contribution in [3.05, 3.63) is 50.6 Å². The molecule has 0 aliphatic carbocycles. The molecule has 0 radical (unpaired) electrons. The second kappa shape index (κ2) is 10.3. The molecule has 0 unspecified atom stereocenters. The summed E-state index contributed by atoms with van der Waals surface area (Å²) in [6, 6.07) is 4.69. The second-order valence-electron chi connectivity index (χ2n) is 5.61. The number of nitrogens with zero attached hydrogens (tertiary/aromatic N) is 1. The van der Waals surface area contributed by atoms with Crippen LogP contribution >= 0.6 is 34.8 Å². The smallest absolute Gasteiger partial charge is 0.331 e. The zero-order valence-electron chi connectivity index (χ0n) is 15.7. The summed E-state index contributed by atoms with van der Waals surface area (Å²) < 4.78 is 15.2. The number of ether oxygens (including phenoxy) is 3. The highest BCUT2D eigenvalue weighted by Gasteiger charge is 2.12. The van der Waals surface area contributed by atoms with E-state index in [1.54, 1.807) is 19.1 Å². The first-order valence-corrected chi connectivity index (χ1v) is 9.27. The van der Waals surface area contributed by atoms with Gasteiger partial charge in [-0.15, -0.1) is 0 Å². The van der Waals surface area contributed by atoms with Crippen LogP contribution in [0.1, 0.15) is 11.3 Å². The van der Waals surface area contributed by atoms with Crippen LogP contribution in [0.25, 0.3) is 6.08 Å². The minimum Gasteiger partial charge on any atom is -0.493 e. The second-order valence-corrected chi connectivity index (χ2v) is 6.84. The number of pyridine rings is 1. The Kier molecular flexibility index (Phi) is 8.13. The molecule has 10 heteroatoms. The quantitative estimate of drug-likeness (QED) is 0.482. The molecule has 1 aromatic carbocycles. The topological polar surface area (TPSA) is 86.8 Å². The van der Waals surface area contributed by atoms with Gasteiger partial charge in [-0.2, -0.15) is 0 Å². The van der Waals surface area contributed by atoms with Crippen molar-refractivity contribution in [3.8, 4) is 11.5 Å². The number of esters is 1. The average molecular weight is 460 g/mol. The lowest BCUT2D eigenvalue weighted by Crippen LogP contribution is -2.21. The monoisotopic (exact) mass is 458 g/mol. The third kappa shape index (κ3) is 6.25. The number of carbonyl (C=O) groups is 2. The fraction of sp³-hybridized carbons (Fsp3) is 0.211. The van der Waals surface area contributed by atoms with E-state index in [-0.39, 0.29) is 10.8 Å². The number of halogens is 3. The first-order valence-electron chi connectivity index (χ1n) is 8.14. The van der Waals surface area contributed by atoms with Gasteiger partial charge in [0.15, 0.2) is 23.9 Å². The van der Waals surface area contributed by atoms with Crippen LogP contribution in [0.3, 0.4) is 0 Å². The molecule has 29 heavy (non-hydrogen) atoms. The van der Waals surface area contributed by atoms with Crippen molar-refractivity contribution in [2.45, 2.75) is 6.92 Å². The summed E-state index contributed by atoms with van der Waals surface area (Å²) in [6.07, 6.45) is 2.62. The Morgan fingerprint density at radius 3 is 2.45 bits per heavy atom. The molecule has 0 fully saturated rings. The fourth-order valence-electron chi connectivity index (χ4n) is 2.20. The predicted molar refractivity (Wildman–Crippen MR) is 112 cm³/mol. The molecule has 2 rings (SSSR count). The van der Waals surface area contributed by atoms with E-state index in [9.17, 15) is 9.59 Å². The number of nitrogens with one attached hydrogen (secondary N) is 1. The van der Waals surface area contributed by atoms with Gasteiger partial charge in [0.25, 0.3) is 5.91 Å². The zero-order valence-corrected chi connectivity index (χ0v) is 18.0. The van der Waals surface area contributed by atoms with Gasteiger partial charge in [-0.25, -0.2) is 9.78 Å². The highest BCUT2D eigenvalue weighted by atomic mass is 35.5. The van der Waals surface area contributed by atoms with Crippen molar-refractivity contribution < 1.29 is 23.8 Å². The summed E-state index contributed by atoms with van der Waals surface area (Å²) in [5, 5.41) is 3.32. The Balaban J connectivity index is 1.95. The Morgan fingerprint density at radius 1 is 1.07 bits per heavy atom. The van der Waals surface area contributed by atoms with Gasteiger partial charge in [0.05, 0.1) is 35.0 Å². The molecule has 1 N–H and O–H groups in total. The summed E-state index contributed by atoms with van der Waals surface area (Å²) in [7, 11) is 2.94. The molecule has 7 nitrogen and oxygen atoms in total. The lowest BCUT2D eigenvalue weighted by atomic mass is 10.2. The van der Waals surface area contributed by atoms with Gasteiger partial charge < -0.3 is 19.5 Å². The SMILES string of the molecule is COc1cc(/C=C/C(=O)OCC(=O)Nc2nc(C)c(Cl)cc2Cl)cc(Cl)c1OC. The molecule has 1 heterocycles. The molecule has 0 saturated carbocycles. The van der Waals surface area contributed by atoms with E-state index in [0.717, 1.165) is 6.08 Å².